The molecule has 0 radical (unpaired) electrons. The van der Waals surface area contributed by atoms with Crippen molar-refractivity contribution < 1.29 is 14.3 Å². The Labute approximate surface area is 135 Å². The Balaban J connectivity index is 2.55. The number of aliphatic hydroxyl groups is 1. The SMILES string of the molecule is CSC(CO)C(C)NC(=O)NCC(C)(C)c1cccc(F)c1. The number of rotatable bonds is 7. The summed E-state index contributed by atoms with van der Waals surface area (Å²) in [7, 11) is 0. The van der Waals surface area contributed by atoms with Gasteiger partial charge in [0, 0.05) is 23.3 Å². The highest BCUT2D eigenvalue weighted by Crippen LogP contribution is 2.22. The van der Waals surface area contributed by atoms with Gasteiger partial charge in [0.05, 0.1) is 6.61 Å². The molecule has 0 aliphatic carbocycles. The third-order valence-electron chi connectivity index (χ3n) is 3.70. The Kier molecular flexibility index (Phi) is 7.16. The van der Waals surface area contributed by atoms with Crippen LogP contribution in [0.1, 0.15) is 26.3 Å². The zero-order valence-electron chi connectivity index (χ0n) is 13.5. The number of urea groups is 1. The van der Waals surface area contributed by atoms with Crippen LogP contribution in [0.25, 0.3) is 0 Å². The van der Waals surface area contributed by atoms with Crippen molar-refractivity contribution in [2.24, 2.45) is 0 Å². The van der Waals surface area contributed by atoms with E-state index in [2.05, 4.69) is 10.6 Å². The van der Waals surface area contributed by atoms with Crippen molar-refractivity contribution in [3.63, 3.8) is 0 Å². The Bertz CT molecular complexity index is 493. The van der Waals surface area contributed by atoms with Gasteiger partial charge in [-0.15, -0.1) is 0 Å². The molecule has 0 heterocycles. The minimum Gasteiger partial charge on any atom is -0.395 e. The summed E-state index contributed by atoms with van der Waals surface area (Å²) in [4.78, 5) is 11.9. The van der Waals surface area contributed by atoms with Gasteiger partial charge in [0.15, 0.2) is 0 Å². The predicted octanol–water partition coefficient (Wildman–Crippen LogP) is 2.51. The molecule has 3 N–H and O–H groups in total. The average molecular weight is 328 g/mol. The summed E-state index contributed by atoms with van der Waals surface area (Å²) in [6, 6.07) is 5.97. The highest BCUT2D eigenvalue weighted by atomic mass is 32.2. The molecule has 22 heavy (non-hydrogen) atoms. The van der Waals surface area contributed by atoms with Gasteiger partial charge in [-0.3, -0.25) is 0 Å². The Morgan fingerprint density at radius 1 is 1.45 bits per heavy atom. The average Bonchev–Trinajstić information content (AvgIpc) is 2.46. The predicted molar refractivity (Wildman–Crippen MR) is 89.8 cm³/mol. The van der Waals surface area contributed by atoms with E-state index in [0.29, 0.717) is 6.54 Å². The molecule has 1 aromatic rings. The van der Waals surface area contributed by atoms with Crippen LogP contribution in [-0.2, 0) is 5.41 Å². The van der Waals surface area contributed by atoms with E-state index in [0.717, 1.165) is 5.56 Å². The molecule has 0 bridgehead atoms. The molecule has 0 spiro atoms. The summed E-state index contributed by atoms with van der Waals surface area (Å²) in [6.45, 7) is 6.15. The molecular weight excluding hydrogens is 303 g/mol. The van der Waals surface area contributed by atoms with Crippen LogP contribution in [-0.4, -0.2) is 41.8 Å². The quantitative estimate of drug-likeness (QED) is 0.721. The first-order chi connectivity index (χ1) is 10.3. The number of nitrogens with one attached hydrogen (secondary N) is 2. The van der Waals surface area contributed by atoms with Gasteiger partial charge < -0.3 is 15.7 Å². The van der Waals surface area contributed by atoms with E-state index in [4.69, 9.17) is 0 Å². The fourth-order valence-electron chi connectivity index (χ4n) is 2.10. The molecule has 0 aliphatic rings. The first-order valence-corrected chi connectivity index (χ1v) is 8.53. The Hall–Kier alpha value is -1.27. The zero-order valence-corrected chi connectivity index (χ0v) is 14.3. The van der Waals surface area contributed by atoms with Gasteiger partial charge in [0.25, 0.3) is 0 Å². The third kappa shape index (κ3) is 5.50. The molecule has 0 aromatic heterocycles. The van der Waals surface area contributed by atoms with Gasteiger partial charge in [-0.25, -0.2) is 9.18 Å². The number of carbonyl (C=O) groups excluding carboxylic acids is 1. The number of thioether (sulfide) groups is 1. The van der Waals surface area contributed by atoms with Gasteiger partial charge in [-0.05, 0) is 30.9 Å². The molecule has 6 heteroatoms. The van der Waals surface area contributed by atoms with Crippen LogP contribution in [0.4, 0.5) is 9.18 Å². The smallest absolute Gasteiger partial charge is 0.315 e. The van der Waals surface area contributed by atoms with E-state index in [-0.39, 0.29) is 35.2 Å². The molecule has 0 saturated heterocycles. The van der Waals surface area contributed by atoms with E-state index in [1.807, 2.05) is 33.1 Å². The fraction of sp³-hybridized carbons (Fsp3) is 0.562. The first-order valence-electron chi connectivity index (χ1n) is 7.24. The maximum absolute atomic E-state index is 13.3. The van der Waals surface area contributed by atoms with Gasteiger partial charge in [0.1, 0.15) is 5.82 Å². The summed E-state index contributed by atoms with van der Waals surface area (Å²) < 4.78 is 13.3. The van der Waals surface area contributed by atoms with Gasteiger partial charge in [-0.2, -0.15) is 11.8 Å². The van der Waals surface area contributed by atoms with Crippen molar-refractivity contribution in [3.8, 4) is 0 Å². The summed E-state index contributed by atoms with van der Waals surface area (Å²) in [5.74, 6) is -0.283. The second-order valence-electron chi connectivity index (χ2n) is 5.97. The van der Waals surface area contributed by atoms with Gasteiger partial charge >= 0.3 is 6.03 Å². The minimum atomic E-state index is -0.376. The van der Waals surface area contributed by atoms with E-state index in [9.17, 15) is 14.3 Å². The Morgan fingerprint density at radius 3 is 2.68 bits per heavy atom. The topological polar surface area (TPSA) is 61.4 Å². The molecule has 1 aromatic carbocycles. The lowest BCUT2D eigenvalue weighted by atomic mass is 9.84. The van der Waals surface area contributed by atoms with E-state index in [1.165, 1.54) is 23.9 Å². The van der Waals surface area contributed by atoms with E-state index in [1.54, 1.807) is 6.07 Å². The normalized spacial score (nSPS) is 14.3. The number of halogens is 1. The molecule has 2 amide bonds. The second-order valence-corrected chi connectivity index (χ2v) is 7.04. The monoisotopic (exact) mass is 328 g/mol. The summed E-state index contributed by atoms with van der Waals surface area (Å²) >= 11 is 1.51. The van der Waals surface area contributed by atoms with Crippen LogP contribution in [0, 0.1) is 5.82 Å². The number of benzene rings is 1. The van der Waals surface area contributed by atoms with E-state index < -0.39 is 0 Å². The van der Waals surface area contributed by atoms with Crippen LogP contribution in [0.3, 0.4) is 0 Å². The largest absolute Gasteiger partial charge is 0.395 e. The summed E-state index contributed by atoms with van der Waals surface area (Å²) in [5.41, 5.74) is 0.455. The number of amides is 2. The standard InChI is InChI=1S/C16H25FN2O2S/c1-11(14(9-20)22-4)19-15(21)18-10-16(2,3)12-6-5-7-13(17)8-12/h5-8,11,14,20H,9-10H2,1-4H3,(H2,18,19,21). The lowest BCUT2D eigenvalue weighted by molar-refractivity contribution is 0.230. The summed E-state index contributed by atoms with van der Waals surface area (Å²) in [6.07, 6.45) is 1.89. The first kappa shape index (κ1) is 18.8. The van der Waals surface area contributed by atoms with Crippen LogP contribution < -0.4 is 10.6 Å². The summed E-state index contributed by atoms with van der Waals surface area (Å²) in [5, 5.41) is 14.8. The fourth-order valence-corrected chi connectivity index (χ4v) is 2.73. The molecule has 1 rings (SSSR count). The lowest BCUT2D eigenvalue weighted by Crippen LogP contribution is -2.48. The minimum absolute atomic E-state index is 0.0113. The highest BCUT2D eigenvalue weighted by Gasteiger charge is 2.23. The van der Waals surface area contributed by atoms with Crippen LogP contribution >= 0.6 is 11.8 Å². The molecule has 0 aliphatic heterocycles. The Morgan fingerprint density at radius 2 is 2.14 bits per heavy atom. The maximum atomic E-state index is 13.3. The molecule has 0 fully saturated rings. The molecule has 2 unspecified atom stereocenters. The molecular formula is C16H25FN2O2S. The van der Waals surface area contributed by atoms with Crippen molar-refractivity contribution in [1.82, 2.24) is 10.6 Å². The number of hydrogen-bond donors (Lipinski definition) is 3. The molecule has 4 nitrogen and oxygen atoms in total. The van der Waals surface area contributed by atoms with Crippen LogP contribution in [0.2, 0.25) is 0 Å². The maximum Gasteiger partial charge on any atom is 0.315 e. The lowest BCUT2D eigenvalue weighted by Gasteiger charge is -2.27. The zero-order chi connectivity index (χ0) is 16.8. The highest BCUT2D eigenvalue weighted by molar-refractivity contribution is 7.99. The molecule has 0 saturated carbocycles. The molecule has 2 atom stereocenters. The van der Waals surface area contributed by atoms with Crippen molar-refractivity contribution in [2.75, 3.05) is 19.4 Å². The van der Waals surface area contributed by atoms with Gasteiger partial charge in [0.2, 0.25) is 0 Å². The van der Waals surface area contributed by atoms with Crippen molar-refractivity contribution in [1.29, 1.82) is 0 Å². The van der Waals surface area contributed by atoms with Crippen molar-refractivity contribution in [2.45, 2.75) is 37.5 Å². The number of hydrogen-bond acceptors (Lipinski definition) is 3. The van der Waals surface area contributed by atoms with Crippen LogP contribution in [0.15, 0.2) is 24.3 Å². The van der Waals surface area contributed by atoms with Crippen LogP contribution in [0.5, 0.6) is 0 Å². The second kappa shape index (κ2) is 8.39. The molecule has 124 valence electrons. The van der Waals surface area contributed by atoms with Crippen molar-refractivity contribution >= 4 is 17.8 Å². The number of carbonyl (C=O) groups is 1. The third-order valence-corrected chi connectivity index (χ3v) is 4.86. The van der Waals surface area contributed by atoms with Crippen molar-refractivity contribution in [3.05, 3.63) is 35.6 Å². The number of aliphatic hydroxyl groups excluding tert-OH is 1. The van der Waals surface area contributed by atoms with E-state index >= 15 is 0 Å². The van der Waals surface area contributed by atoms with Gasteiger partial charge in [-0.1, -0.05) is 26.0 Å².